The Kier molecular flexibility index (Phi) is 5.68. The largest absolute Gasteiger partial charge is 0.423 e. The van der Waals surface area contributed by atoms with E-state index in [9.17, 15) is 4.79 Å². The lowest BCUT2D eigenvalue weighted by molar-refractivity contribution is 0.560. The molecule has 0 aliphatic carbocycles. The summed E-state index contributed by atoms with van der Waals surface area (Å²) in [6, 6.07) is 15.4. The average molecular weight is 366 g/mol. The zero-order valence-electron chi connectivity index (χ0n) is 15.0. The summed E-state index contributed by atoms with van der Waals surface area (Å²) in [4.78, 5) is 11.5. The van der Waals surface area contributed by atoms with Crippen LogP contribution in [0.3, 0.4) is 0 Å². The fourth-order valence-electron chi connectivity index (χ4n) is 2.83. The normalized spacial score (nSPS) is 10.7. The van der Waals surface area contributed by atoms with Crippen molar-refractivity contribution in [1.82, 2.24) is 0 Å². The van der Waals surface area contributed by atoms with Gasteiger partial charge < -0.3 is 15.1 Å². The minimum Gasteiger partial charge on any atom is -0.423 e. The molecule has 0 bridgehead atoms. The van der Waals surface area contributed by atoms with Crippen molar-refractivity contribution in [3.05, 3.63) is 70.1 Å². The van der Waals surface area contributed by atoms with Crippen LogP contribution in [0.2, 0.25) is 0 Å². The minimum atomic E-state index is -0.351. The topological polar surface area (TPSA) is 54.3 Å². The Labute approximate surface area is 158 Å². The molecular weight excluding hydrogens is 344 g/mol. The van der Waals surface area contributed by atoms with E-state index in [2.05, 4.69) is 29.7 Å². The highest BCUT2D eigenvalue weighted by atomic mass is 32.1. The first-order valence-corrected chi connectivity index (χ1v) is 9.17. The number of thiocarbonyl (C=S) groups is 1. The molecule has 2 aromatic carbocycles. The zero-order valence-corrected chi connectivity index (χ0v) is 15.8. The van der Waals surface area contributed by atoms with Crippen LogP contribution in [-0.4, -0.2) is 5.11 Å². The molecule has 0 radical (unpaired) electrons. The third-order valence-electron chi connectivity index (χ3n) is 4.24. The number of unbranched alkanes of at least 4 members (excludes halogenated alkanes) is 1. The van der Waals surface area contributed by atoms with Crippen LogP contribution in [0.15, 0.2) is 57.7 Å². The first-order valence-electron chi connectivity index (χ1n) is 8.76. The van der Waals surface area contributed by atoms with E-state index in [-0.39, 0.29) is 5.63 Å². The number of aryl methyl sites for hydroxylation is 2. The summed E-state index contributed by atoms with van der Waals surface area (Å²) in [5, 5.41) is 7.70. The van der Waals surface area contributed by atoms with E-state index >= 15 is 0 Å². The smallest absolute Gasteiger partial charge is 0.336 e. The predicted molar refractivity (Wildman–Crippen MR) is 112 cm³/mol. The van der Waals surface area contributed by atoms with Crippen molar-refractivity contribution >= 4 is 39.7 Å². The van der Waals surface area contributed by atoms with Gasteiger partial charge in [-0.25, -0.2) is 4.79 Å². The third-order valence-corrected chi connectivity index (χ3v) is 4.44. The molecule has 5 heteroatoms. The monoisotopic (exact) mass is 366 g/mol. The van der Waals surface area contributed by atoms with Crippen LogP contribution < -0.4 is 16.3 Å². The average Bonchev–Trinajstić information content (AvgIpc) is 2.60. The lowest BCUT2D eigenvalue weighted by Crippen LogP contribution is -2.19. The highest BCUT2D eigenvalue weighted by Gasteiger charge is 2.05. The van der Waals surface area contributed by atoms with E-state index in [1.807, 2.05) is 31.2 Å². The Morgan fingerprint density at radius 3 is 2.46 bits per heavy atom. The summed E-state index contributed by atoms with van der Waals surface area (Å²) in [6.07, 6.45) is 3.49. The van der Waals surface area contributed by atoms with Gasteiger partial charge in [-0.3, -0.25) is 0 Å². The molecule has 3 aromatic rings. The van der Waals surface area contributed by atoms with Crippen LogP contribution in [0.4, 0.5) is 11.4 Å². The van der Waals surface area contributed by atoms with E-state index in [4.69, 9.17) is 16.6 Å². The van der Waals surface area contributed by atoms with E-state index < -0.39 is 0 Å². The number of hydrogen-bond acceptors (Lipinski definition) is 3. The Hall–Kier alpha value is -2.66. The second kappa shape index (κ2) is 8.15. The molecule has 0 saturated heterocycles. The molecule has 0 aliphatic rings. The molecule has 0 aliphatic heterocycles. The van der Waals surface area contributed by atoms with Gasteiger partial charge in [0.1, 0.15) is 5.58 Å². The van der Waals surface area contributed by atoms with Crippen LogP contribution >= 0.6 is 12.2 Å². The fourth-order valence-corrected chi connectivity index (χ4v) is 3.07. The van der Waals surface area contributed by atoms with Crippen molar-refractivity contribution < 1.29 is 4.42 Å². The van der Waals surface area contributed by atoms with Gasteiger partial charge in [0.05, 0.1) is 0 Å². The van der Waals surface area contributed by atoms with Crippen molar-refractivity contribution in [3.8, 4) is 0 Å². The molecule has 134 valence electrons. The molecule has 0 amide bonds. The molecule has 0 saturated carbocycles. The predicted octanol–water partition coefficient (Wildman–Crippen LogP) is 5.25. The summed E-state index contributed by atoms with van der Waals surface area (Å²) in [5.74, 6) is 0. The molecule has 1 aromatic heterocycles. The second-order valence-electron chi connectivity index (χ2n) is 6.34. The van der Waals surface area contributed by atoms with Gasteiger partial charge in [-0.1, -0.05) is 25.5 Å². The standard InChI is InChI=1S/C21H22N2O2S/c1-3-4-5-15-6-8-16(9-7-15)22-21(26)23-17-10-11-18-14(2)12-20(24)25-19(18)13-17/h6-13H,3-5H2,1-2H3,(H2,22,23,26). The molecular formula is C21H22N2O2S. The van der Waals surface area contributed by atoms with Crippen LogP contribution in [0.5, 0.6) is 0 Å². The number of nitrogens with one attached hydrogen (secondary N) is 2. The van der Waals surface area contributed by atoms with Crippen LogP contribution in [-0.2, 0) is 6.42 Å². The maximum Gasteiger partial charge on any atom is 0.336 e. The Morgan fingerprint density at radius 2 is 1.73 bits per heavy atom. The molecule has 0 unspecified atom stereocenters. The molecule has 2 N–H and O–H groups in total. The van der Waals surface area contributed by atoms with Crippen LogP contribution in [0.25, 0.3) is 11.0 Å². The van der Waals surface area contributed by atoms with Gasteiger partial charge >= 0.3 is 5.63 Å². The van der Waals surface area contributed by atoms with Crippen LogP contribution in [0.1, 0.15) is 30.9 Å². The van der Waals surface area contributed by atoms with Crippen molar-refractivity contribution in [3.63, 3.8) is 0 Å². The van der Waals surface area contributed by atoms with Crippen molar-refractivity contribution in [2.75, 3.05) is 10.6 Å². The highest BCUT2D eigenvalue weighted by Crippen LogP contribution is 2.21. The SMILES string of the molecule is CCCCc1ccc(NC(=S)Nc2ccc3c(C)cc(=O)oc3c2)cc1. The quantitative estimate of drug-likeness (QED) is 0.477. The van der Waals surface area contributed by atoms with E-state index in [0.29, 0.717) is 10.7 Å². The molecule has 26 heavy (non-hydrogen) atoms. The zero-order chi connectivity index (χ0) is 18.5. The molecule has 0 spiro atoms. The summed E-state index contributed by atoms with van der Waals surface area (Å²) in [6.45, 7) is 4.09. The minimum absolute atomic E-state index is 0.351. The van der Waals surface area contributed by atoms with Gasteiger partial charge in [0.25, 0.3) is 0 Å². The Bertz CT molecular complexity index is 977. The Morgan fingerprint density at radius 1 is 1.04 bits per heavy atom. The third kappa shape index (κ3) is 4.49. The number of hydrogen-bond donors (Lipinski definition) is 2. The van der Waals surface area contributed by atoms with Crippen LogP contribution in [0, 0.1) is 6.92 Å². The van der Waals surface area contributed by atoms with Gasteiger partial charge in [0.2, 0.25) is 0 Å². The van der Waals surface area contributed by atoms with E-state index in [1.165, 1.54) is 24.5 Å². The maximum absolute atomic E-state index is 11.5. The first-order chi connectivity index (χ1) is 12.5. The summed E-state index contributed by atoms with van der Waals surface area (Å²) < 4.78 is 5.27. The number of rotatable bonds is 5. The van der Waals surface area contributed by atoms with Gasteiger partial charge in [0.15, 0.2) is 5.11 Å². The maximum atomic E-state index is 11.5. The van der Waals surface area contributed by atoms with Crippen molar-refractivity contribution in [2.45, 2.75) is 33.1 Å². The van der Waals surface area contributed by atoms with Crippen molar-refractivity contribution in [2.24, 2.45) is 0 Å². The molecule has 3 rings (SSSR count). The van der Waals surface area contributed by atoms with Gasteiger partial charge in [-0.2, -0.15) is 0 Å². The molecule has 0 atom stereocenters. The summed E-state index contributed by atoms with van der Waals surface area (Å²) >= 11 is 5.38. The van der Waals surface area contributed by atoms with Crippen molar-refractivity contribution in [1.29, 1.82) is 0 Å². The summed E-state index contributed by atoms with van der Waals surface area (Å²) in [5.41, 5.74) is 4.12. The van der Waals surface area contributed by atoms with E-state index in [0.717, 1.165) is 28.7 Å². The molecule has 1 heterocycles. The lowest BCUT2D eigenvalue weighted by Gasteiger charge is -2.12. The number of benzene rings is 2. The van der Waals surface area contributed by atoms with Gasteiger partial charge in [-0.05, 0) is 67.4 Å². The fraction of sp³-hybridized carbons (Fsp3) is 0.238. The first kappa shape index (κ1) is 18.1. The molecule has 4 nitrogen and oxygen atoms in total. The van der Waals surface area contributed by atoms with Gasteiger partial charge in [0, 0.05) is 28.9 Å². The molecule has 0 fully saturated rings. The summed E-state index contributed by atoms with van der Waals surface area (Å²) in [7, 11) is 0. The van der Waals surface area contributed by atoms with E-state index in [1.54, 1.807) is 6.07 Å². The number of anilines is 2. The number of fused-ring (bicyclic) bond motifs is 1. The lowest BCUT2D eigenvalue weighted by atomic mass is 10.1. The highest BCUT2D eigenvalue weighted by molar-refractivity contribution is 7.80. The Balaban J connectivity index is 1.68. The second-order valence-corrected chi connectivity index (χ2v) is 6.75. The van der Waals surface area contributed by atoms with Gasteiger partial charge in [-0.15, -0.1) is 0 Å².